The van der Waals surface area contributed by atoms with Gasteiger partial charge in [0.15, 0.2) is 21.9 Å². The molecule has 21 heteroatoms. The molecule has 4 rings (SSSR count). The summed E-state index contributed by atoms with van der Waals surface area (Å²) in [6.07, 6.45) is 0. The van der Waals surface area contributed by atoms with Crippen LogP contribution < -0.4 is 28.7 Å². The second-order valence-corrected chi connectivity index (χ2v) is 11.2. The molecular formula is C19H19Br2Cl2F2I2N13. The van der Waals surface area contributed by atoms with Gasteiger partial charge in [-0.3, -0.25) is 0 Å². The van der Waals surface area contributed by atoms with E-state index in [1.807, 2.05) is 45.2 Å². The number of rotatable bonds is 0. The van der Waals surface area contributed by atoms with Crippen LogP contribution in [0.2, 0.25) is 10.3 Å². The van der Waals surface area contributed by atoms with E-state index in [-0.39, 0.29) is 21.8 Å². The lowest BCUT2D eigenvalue weighted by Crippen LogP contribution is -2.04. The summed E-state index contributed by atoms with van der Waals surface area (Å²) < 4.78 is 27.2. The summed E-state index contributed by atoms with van der Waals surface area (Å²) in [4.78, 5) is 29.6. The topological polar surface area (TPSA) is 233 Å². The first-order chi connectivity index (χ1) is 18.4. The summed E-state index contributed by atoms with van der Waals surface area (Å²) in [6, 6.07) is 0. The maximum atomic E-state index is 12.2. The molecule has 0 aliphatic heterocycles. The minimum absolute atomic E-state index is 0.0844. The van der Waals surface area contributed by atoms with E-state index in [4.69, 9.17) is 51.9 Å². The number of nitrogens with zero attached hydrogens (tertiary/aromatic N) is 8. The van der Waals surface area contributed by atoms with Gasteiger partial charge >= 0.3 is 0 Å². The van der Waals surface area contributed by atoms with Gasteiger partial charge in [-0.05, 0) is 97.8 Å². The van der Waals surface area contributed by atoms with E-state index in [0.29, 0.717) is 38.2 Å². The van der Waals surface area contributed by atoms with E-state index in [1.54, 1.807) is 13.8 Å². The Bertz CT molecular complexity index is 1080. The Morgan fingerprint density at radius 2 is 0.875 bits per heavy atom. The molecule has 4 heterocycles. The summed E-state index contributed by atoms with van der Waals surface area (Å²) in [6.45, 7) is 4.97. The van der Waals surface area contributed by atoms with Crippen LogP contribution in [0.25, 0.3) is 0 Å². The van der Waals surface area contributed by atoms with Crippen molar-refractivity contribution in [2.24, 2.45) is 0 Å². The summed E-state index contributed by atoms with van der Waals surface area (Å²) in [5, 5.41) is 0.332. The number of nitrogen functional groups attached to an aromatic ring is 5. The Morgan fingerprint density at radius 3 is 1.32 bits per heavy atom. The van der Waals surface area contributed by atoms with Gasteiger partial charge in [0.1, 0.15) is 34.1 Å². The van der Waals surface area contributed by atoms with Gasteiger partial charge in [-0.25, -0.2) is 34.9 Å². The third-order valence-electron chi connectivity index (χ3n) is 3.95. The number of aryl methyl sites for hydroxylation is 3. The van der Waals surface area contributed by atoms with Crippen LogP contribution in [0.1, 0.15) is 17.1 Å². The number of nitrogens with two attached hydrogens (primary N) is 5. The minimum atomic E-state index is -1.26. The number of halogens is 8. The van der Waals surface area contributed by atoms with Gasteiger partial charge in [-0.15, -0.1) is 0 Å². The van der Waals surface area contributed by atoms with Crippen LogP contribution in [0, 0.1) is 40.1 Å². The Kier molecular flexibility index (Phi) is 15.0. The molecule has 0 fully saturated rings. The Morgan fingerprint density at radius 1 is 0.525 bits per heavy atom. The Balaban J connectivity index is 0.000000267. The summed E-state index contributed by atoms with van der Waals surface area (Å²) >= 11 is 21.5. The van der Waals surface area contributed by atoms with Crippen molar-refractivity contribution < 1.29 is 8.78 Å². The van der Waals surface area contributed by atoms with Crippen LogP contribution in [0.5, 0.6) is 0 Å². The van der Waals surface area contributed by atoms with Gasteiger partial charge in [0.05, 0.1) is 17.1 Å². The summed E-state index contributed by atoms with van der Waals surface area (Å²) in [7, 11) is 0. The number of aromatic nitrogens is 8. The van der Waals surface area contributed by atoms with E-state index in [1.165, 1.54) is 6.92 Å². The average molecular weight is 952 g/mol. The molecule has 0 atom stereocenters. The highest BCUT2D eigenvalue weighted by atomic mass is 127. The maximum absolute atomic E-state index is 12.2. The second kappa shape index (κ2) is 16.6. The molecule has 4 aromatic heterocycles. The van der Waals surface area contributed by atoms with Crippen molar-refractivity contribution in [3.8, 4) is 0 Å². The van der Waals surface area contributed by atoms with Crippen LogP contribution in [-0.2, 0) is 0 Å². The first kappa shape index (κ1) is 36.2. The van der Waals surface area contributed by atoms with Crippen LogP contribution in [0.15, 0.2) is 9.21 Å². The molecule has 13 nitrogen and oxygen atoms in total. The fraction of sp³-hybridized carbons (Fsp3) is 0.158. The highest BCUT2D eigenvalue weighted by Crippen LogP contribution is 2.21. The van der Waals surface area contributed by atoms with Crippen molar-refractivity contribution in [3.63, 3.8) is 0 Å². The molecule has 40 heavy (non-hydrogen) atoms. The molecule has 0 bridgehead atoms. The number of hydrogen-bond donors (Lipinski definition) is 5. The predicted molar refractivity (Wildman–Crippen MR) is 175 cm³/mol. The Labute approximate surface area is 280 Å². The molecule has 4 aromatic rings. The summed E-state index contributed by atoms with van der Waals surface area (Å²) in [5.74, 6) is -1.20. The van der Waals surface area contributed by atoms with E-state index in [0.717, 1.165) is 13.1 Å². The lowest BCUT2D eigenvalue weighted by Gasteiger charge is -1.99. The second-order valence-electron chi connectivity index (χ2n) is 6.90. The number of hydrogen-bond acceptors (Lipinski definition) is 13. The molecule has 0 spiro atoms. The van der Waals surface area contributed by atoms with E-state index >= 15 is 0 Å². The van der Waals surface area contributed by atoms with E-state index in [2.05, 4.69) is 71.7 Å². The van der Waals surface area contributed by atoms with Crippen LogP contribution in [0.4, 0.5) is 37.9 Å². The first-order valence-corrected chi connectivity index (χ1v) is 14.5. The fourth-order valence-electron chi connectivity index (χ4n) is 1.87. The monoisotopic (exact) mass is 949 g/mol. The van der Waals surface area contributed by atoms with Gasteiger partial charge in [-0.1, -0.05) is 23.2 Å². The van der Waals surface area contributed by atoms with Gasteiger partial charge in [0.25, 0.3) is 11.9 Å². The van der Waals surface area contributed by atoms with E-state index in [9.17, 15) is 8.78 Å². The molecule has 0 unspecified atom stereocenters. The molecule has 10 N–H and O–H groups in total. The van der Waals surface area contributed by atoms with Crippen LogP contribution >= 0.6 is 100 Å². The third kappa shape index (κ3) is 11.6. The van der Waals surface area contributed by atoms with Crippen LogP contribution in [-0.4, -0.2) is 39.9 Å². The minimum Gasteiger partial charge on any atom is -0.382 e. The fourth-order valence-corrected chi connectivity index (χ4v) is 3.57. The lowest BCUT2D eigenvalue weighted by atomic mass is 10.4. The quantitative estimate of drug-likeness (QED) is 0.145. The molecule has 0 radical (unpaired) electrons. The molecule has 0 amide bonds. The SMILES string of the molecule is Cc1nc(Br)c(Br)nc1N.Cc1nc(Cl)c(Cl)nc1N.Cc1nc(F)c(F)nc1N.Nc1nc(I)c(I)nc1N. The molecular weight excluding hydrogens is 933 g/mol. The molecule has 0 saturated heterocycles. The van der Waals surface area contributed by atoms with Crippen LogP contribution in [0.3, 0.4) is 0 Å². The zero-order valence-corrected chi connectivity index (χ0v) is 29.5. The average Bonchev–Trinajstić information content (AvgIpc) is 2.85. The lowest BCUT2D eigenvalue weighted by molar-refractivity contribution is 0.451. The van der Waals surface area contributed by atoms with Crippen molar-refractivity contribution in [2.45, 2.75) is 20.8 Å². The van der Waals surface area contributed by atoms with Crippen molar-refractivity contribution in [2.75, 3.05) is 28.7 Å². The van der Waals surface area contributed by atoms with Gasteiger partial charge in [0.2, 0.25) is 0 Å². The zero-order chi connectivity index (χ0) is 30.9. The normalized spacial score (nSPS) is 9.88. The van der Waals surface area contributed by atoms with E-state index < -0.39 is 11.9 Å². The van der Waals surface area contributed by atoms with Crippen molar-refractivity contribution in [1.29, 1.82) is 0 Å². The zero-order valence-electron chi connectivity index (χ0n) is 20.5. The smallest absolute Gasteiger partial charge is 0.270 e. The Hall–Kier alpha value is -1.82. The molecule has 216 valence electrons. The molecule has 0 aromatic carbocycles. The summed E-state index contributed by atoms with van der Waals surface area (Å²) in [5.41, 5.74) is 28.2. The van der Waals surface area contributed by atoms with Crippen molar-refractivity contribution >= 4 is 129 Å². The standard InChI is InChI=1S/C5H5Br2N3.C5H5Cl2N3.C5H5F2N3.C4H4I2N4/c3*1-2-5(8)10-4(7)3(6)9-2;5-1-2(6)10-4(8)3(7)9-1/h3*1H3,(H2,8,10);(H2,7,9)(H2,8,10). The predicted octanol–water partition coefficient (Wildman–Crippen LogP) is 5.06. The maximum Gasteiger partial charge on any atom is 0.270 e. The van der Waals surface area contributed by atoms with Crippen molar-refractivity contribution in [1.82, 2.24) is 39.9 Å². The molecule has 0 aliphatic carbocycles. The first-order valence-electron chi connectivity index (χ1n) is 10.0. The third-order valence-corrected chi connectivity index (χ3v) is 8.74. The van der Waals surface area contributed by atoms with Gasteiger partial charge in [0, 0.05) is 0 Å². The molecule has 0 saturated carbocycles. The number of anilines is 5. The largest absolute Gasteiger partial charge is 0.382 e. The van der Waals surface area contributed by atoms with Crippen molar-refractivity contribution in [3.05, 3.63) is 55.9 Å². The van der Waals surface area contributed by atoms with Gasteiger partial charge < -0.3 is 28.7 Å². The highest BCUT2D eigenvalue weighted by Gasteiger charge is 2.07. The van der Waals surface area contributed by atoms with Gasteiger partial charge in [-0.2, -0.15) is 13.8 Å². The highest BCUT2D eigenvalue weighted by molar-refractivity contribution is 14.1. The molecule has 0 aliphatic rings.